The zero-order valence-corrected chi connectivity index (χ0v) is 19.8. The smallest absolute Gasteiger partial charge is 0.252 e. The van der Waals surface area contributed by atoms with Gasteiger partial charge in [-0.1, -0.05) is 30.3 Å². The summed E-state index contributed by atoms with van der Waals surface area (Å²) in [6.45, 7) is 0. The average Bonchev–Trinajstić information content (AvgIpc) is 3.64. The largest absolute Gasteiger partial charge is 0.347 e. The summed E-state index contributed by atoms with van der Waals surface area (Å²) in [5, 5.41) is 4.59. The third-order valence-electron chi connectivity index (χ3n) is 7.72. The molecule has 4 saturated carbocycles. The summed E-state index contributed by atoms with van der Waals surface area (Å²) < 4.78 is 1.14. The molecule has 0 atom stereocenters. The predicted octanol–water partition coefficient (Wildman–Crippen LogP) is 6.84. The van der Waals surface area contributed by atoms with E-state index in [1.807, 2.05) is 6.07 Å². The van der Waals surface area contributed by atoms with Gasteiger partial charge in [0.25, 0.3) is 5.91 Å². The Bertz CT molecular complexity index is 1150. The standard InChI is InChI=1S/C27H27IN2O/c28-20-8-9-22-21(16-20)24(26(31)30-27-13-10-17(11-14-27)12-15-27)23(18-6-7-18)25(29-22)19-4-2-1-3-5-19/h1-5,8-9,16-18H,6-7,10-15H2,(H,30,31). The van der Waals surface area contributed by atoms with Gasteiger partial charge in [-0.3, -0.25) is 4.79 Å². The SMILES string of the molecule is O=C(NC12CCC(CC1)CC2)c1c(C2CC2)c(-c2ccccc2)nc2ccc(I)cc12. The summed E-state index contributed by atoms with van der Waals surface area (Å²) in [5.74, 6) is 1.44. The molecule has 2 bridgehead atoms. The van der Waals surface area contributed by atoms with Crippen LogP contribution in [0.3, 0.4) is 0 Å². The molecule has 158 valence electrons. The summed E-state index contributed by atoms with van der Waals surface area (Å²) in [5.41, 5.74) is 5.06. The zero-order valence-electron chi connectivity index (χ0n) is 17.7. The maximum atomic E-state index is 14.0. The molecule has 1 aromatic heterocycles. The fourth-order valence-electron chi connectivity index (χ4n) is 5.82. The minimum Gasteiger partial charge on any atom is -0.347 e. The van der Waals surface area contributed by atoms with Crippen LogP contribution in [-0.2, 0) is 0 Å². The van der Waals surface area contributed by atoms with Crippen LogP contribution >= 0.6 is 22.6 Å². The van der Waals surface area contributed by atoms with Crippen molar-refractivity contribution in [2.24, 2.45) is 5.92 Å². The molecule has 2 aromatic carbocycles. The third kappa shape index (κ3) is 3.57. The van der Waals surface area contributed by atoms with Crippen LogP contribution in [0.15, 0.2) is 48.5 Å². The molecule has 31 heavy (non-hydrogen) atoms. The number of hydrogen-bond acceptors (Lipinski definition) is 2. The normalized spacial score (nSPS) is 25.0. The summed E-state index contributed by atoms with van der Waals surface area (Å²) >= 11 is 2.35. The highest BCUT2D eigenvalue weighted by Gasteiger charge is 2.42. The monoisotopic (exact) mass is 522 g/mol. The maximum absolute atomic E-state index is 14.0. The quantitative estimate of drug-likeness (QED) is 0.382. The number of aromatic nitrogens is 1. The highest BCUT2D eigenvalue weighted by atomic mass is 127. The third-order valence-corrected chi connectivity index (χ3v) is 8.39. The van der Waals surface area contributed by atoms with E-state index in [9.17, 15) is 4.79 Å². The predicted molar refractivity (Wildman–Crippen MR) is 133 cm³/mol. The van der Waals surface area contributed by atoms with E-state index in [2.05, 4.69) is 70.4 Å². The van der Waals surface area contributed by atoms with Gasteiger partial charge in [0.2, 0.25) is 0 Å². The van der Waals surface area contributed by atoms with E-state index < -0.39 is 0 Å². The molecule has 0 saturated heterocycles. The van der Waals surface area contributed by atoms with Crippen LogP contribution in [0.25, 0.3) is 22.2 Å². The van der Waals surface area contributed by atoms with Crippen molar-refractivity contribution in [3.8, 4) is 11.3 Å². The Labute approximate surface area is 197 Å². The van der Waals surface area contributed by atoms with E-state index in [-0.39, 0.29) is 11.4 Å². The number of halogens is 1. The number of fused-ring (bicyclic) bond motifs is 4. The maximum Gasteiger partial charge on any atom is 0.252 e. The van der Waals surface area contributed by atoms with Crippen molar-refractivity contribution in [3.63, 3.8) is 0 Å². The van der Waals surface area contributed by atoms with E-state index >= 15 is 0 Å². The molecule has 3 nitrogen and oxygen atoms in total. The van der Waals surface area contributed by atoms with Crippen molar-refractivity contribution in [2.75, 3.05) is 0 Å². The first-order chi connectivity index (χ1) is 15.1. The fraction of sp³-hybridized carbons (Fsp3) is 0.407. The van der Waals surface area contributed by atoms with Crippen molar-refractivity contribution in [1.82, 2.24) is 10.3 Å². The Balaban J connectivity index is 1.53. The lowest BCUT2D eigenvalue weighted by atomic mass is 9.65. The Morgan fingerprint density at radius 2 is 1.68 bits per heavy atom. The highest BCUT2D eigenvalue weighted by Crippen LogP contribution is 2.48. The topological polar surface area (TPSA) is 42.0 Å². The van der Waals surface area contributed by atoms with Crippen molar-refractivity contribution in [3.05, 3.63) is 63.2 Å². The Morgan fingerprint density at radius 3 is 2.35 bits per heavy atom. The van der Waals surface area contributed by atoms with Crippen LogP contribution in [0.1, 0.15) is 73.2 Å². The van der Waals surface area contributed by atoms with Crippen LogP contribution in [0.4, 0.5) is 0 Å². The van der Waals surface area contributed by atoms with Gasteiger partial charge in [-0.05, 0) is 110 Å². The molecule has 3 aromatic rings. The second kappa shape index (κ2) is 7.58. The molecule has 0 unspecified atom stereocenters. The Morgan fingerprint density at radius 1 is 0.968 bits per heavy atom. The zero-order chi connectivity index (χ0) is 21.0. The van der Waals surface area contributed by atoms with Gasteiger partial charge in [0.15, 0.2) is 0 Å². The molecular weight excluding hydrogens is 495 g/mol. The minimum atomic E-state index is -0.00288. The lowest BCUT2D eigenvalue weighted by Crippen LogP contribution is -2.53. The van der Waals surface area contributed by atoms with E-state index in [1.165, 1.54) is 24.8 Å². The van der Waals surface area contributed by atoms with E-state index in [4.69, 9.17) is 4.98 Å². The van der Waals surface area contributed by atoms with Gasteiger partial charge in [0, 0.05) is 20.1 Å². The second-order valence-electron chi connectivity index (χ2n) is 9.77. The van der Waals surface area contributed by atoms with Crippen LogP contribution in [0.5, 0.6) is 0 Å². The van der Waals surface area contributed by atoms with Crippen molar-refractivity contribution in [1.29, 1.82) is 0 Å². The lowest BCUT2D eigenvalue weighted by molar-refractivity contribution is 0.0714. The van der Waals surface area contributed by atoms with Crippen molar-refractivity contribution < 1.29 is 4.79 Å². The Hall–Kier alpha value is -1.95. The number of nitrogens with one attached hydrogen (secondary N) is 1. The first-order valence-corrected chi connectivity index (χ1v) is 12.7. The number of pyridine rings is 1. The highest BCUT2D eigenvalue weighted by molar-refractivity contribution is 14.1. The van der Waals surface area contributed by atoms with Gasteiger partial charge in [0.1, 0.15) is 0 Å². The van der Waals surface area contributed by atoms with Crippen LogP contribution in [0, 0.1) is 9.49 Å². The number of carbonyl (C=O) groups is 1. The van der Waals surface area contributed by atoms with Gasteiger partial charge < -0.3 is 5.32 Å². The molecular formula is C27H27IN2O. The molecule has 7 rings (SSSR count). The van der Waals surface area contributed by atoms with E-state index in [1.54, 1.807) is 0 Å². The molecule has 0 spiro atoms. The van der Waals surface area contributed by atoms with Gasteiger partial charge >= 0.3 is 0 Å². The van der Waals surface area contributed by atoms with Crippen molar-refractivity contribution in [2.45, 2.75) is 62.8 Å². The molecule has 1 heterocycles. The lowest BCUT2D eigenvalue weighted by Gasteiger charge is -2.47. The molecule has 4 aliphatic rings. The van der Waals surface area contributed by atoms with Gasteiger partial charge in [0.05, 0.1) is 16.8 Å². The van der Waals surface area contributed by atoms with E-state index in [0.717, 1.165) is 69.3 Å². The number of carbonyl (C=O) groups excluding carboxylic acids is 1. The van der Waals surface area contributed by atoms with Gasteiger partial charge in [-0.2, -0.15) is 0 Å². The summed E-state index contributed by atoms with van der Waals surface area (Å²) in [6, 6.07) is 16.7. The second-order valence-corrected chi connectivity index (χ2v) is 11.0. The number of nitrogens with zero attached hydrogens (tertiary/aromatic N) is 1. The Kier molecular flexibility index (Phi) is 4.82. The molecule has 4 aliphatic carbocycles. The minimum absolute atomic E-state index is 0.00288. The summed E-state index contributed by atoms with van der Waals surface area (Å²) in [6.07, 6.45) is 9.48. The molecule has 1 N–H and O–H groups in total. The van der Waals surface area contributed by atoms with Gasteiger partial charge in [-0.15, -0.1) is 0 Å². The van der Waals surface area contributed by atoms with Crippen molar-refractivity contribution >= 4 is 39.4 Å². The number of amides is 1. The fourth-order valence-corrected chi connectivity index (χ4v) is 6.31. The molecule has 1 amide bonds. The van der Waals surface area contributed by atoms with Gasteiger partial charge in [-0.25, -0.2) is 4.98 Å². The number of benzene rings is 2. The first-order valence-electron chi connectivity index (χ1n) is 11.6. The van der Waals surface area contributed by atoms with Crippen LogP contribution in [-0.4, -0.2) is 16.4 Å². The molecule has 4 fully saturated rings. The molecule has 4 heteroatoms. The number of rotatable bonds is 4. The molecule has 0 radical (unpaired) electrons. The van der Waals surface area contributed by atoms with Crippen LogP contribution < -0.4 is 5.32 Å². The first kappa shape index (κ1) is 19.7. The number of hydrogen-bond donors (Lipinski definition) is 1. The van der Waals surface area contributed by atoms with E-state index in [0.29, 0.717) is 5.92 Å². The summed E-state index contributed by atoms with van der Waals surface area (Å²) in [4.78, 5) is 19.1. The average molecular weight is 522 g/mol. The van der Waals surface area contributed by atoms with Crippen LogP contribution in [0.2, 0.25) is 0 Å². The summed E-state index contributed by atoms with van der Waals surface area (Å²) in [7, 11) is 0. The molecule has 0 aliphatic heterocycles.